The molecule has 1 rings (SSSR count). The zero-order valence-corrected chi connectivity index (χ0v) is 9.11. The Labute approximate surface area is 93.6 Å². The minimum atomic E-state index is 0.440. The molecule has 0 aliphatic rings. The summed E-state index contributed by atoms with van der Waals surface area (Å²) in [6.07, 6.45) is 1.70. The van der Waals surface area contributed by atoms with Gasteiger partial charge in [-0.3, -0.25) is 0 Å². The van der Waals surface area contributed by atoms with E-state index in [2.05, 4.69) is 5.16 Å². The quantitative estimate of drug-likeness (QED) is 0.486. The molecule has 0 fully saturated rings. The second-order valence-corrected chi connectivity index (χ2v) is 3.13. The fourth-order valence-electron chi connectivity index (χ4n) is 1.03. The Bertz CT molecular complexity index is 357. The molecule has 3 nitrogen and oxygen atoms in total. The van der Waals surface area contributed by atoms with Crippen LogP contribution < -0.4 is 4.74 Å². The van der Waals surface area contributed by atoms with Crippen LogP contribution in [0.25, 0.3) is 0 Å². The van der Waals surface area contributed by atoms with E-state index in [9.17, 15) is 0 Å². The zero-order valence-electron chi connectivity index (χ0n) is 8.35. The lowest BCUT2D eigenvalue weighted by atomic mass is 10.1. The third-order valence-corrected chi connectivity index (χ3v) is 2.04. The number of halogens is 1. The standard InChI is InChI=1S/C11H12ClNO2/c1-9(13-14)10-3-5-11(6-4-10)15-8-2-7-12/h2-7,14H,8H2,1H3/b7-2+,13-9+. The number of nitrogens with zero attached hydrogens (tertiary/aromatic N) is 1. The van der Waals surface area contributed by atoms with Gasteiger partial charge in [0.25, 0.3) is 0 Å². The molecule has 0 saturated heterocycles. The van der Waals surface area contributed by atoms with E-state index >= 15 is 0 Å². The highest BCUT2D eigenvalue weighted by Gasteiger charge is 1.97. The first-order valence-electron chi connectivity index (χ1n) is 4.45. The molecular weight excluding hydrogens is 214 g/mol. The van der Waals surface area contributed by atoms with Gasteiger partial charge >= 0.3 is 0 Å². The maximum absolute atomic E-state index is 8.56. The van der Waals surface area contributed by atoms with Crippen LogP contribution in [-0.2, 0) is 0 Å². The van der Waals surface area contributed by atoms with Crippen LogP contribution >= 0.6 is 11.6 Å². The van der Waals surface area contributed by atoms with E-state index in [1.165, 1.54) is 5.54 Å². The third-order valence-electron chi connectivity index (χ3n) is 1.86. The summed E-state index contributed by atoms with van der Waals surface area (Å²) in [4.78, 5) is 0. The van der Waals surface area contributed by atoms with E-state index in [4.69, 9.17) is 21.5 Å². The minimum absolute atomic E-state index is 0.440. The van der Waals surface area contributed by atoms with Gasteiger partial charge in [0.15, 0.2) is 0 Å². The Morgan fingerprint density at radius 2 is 2.13 bits per heavy atom. The second-order valence-electron chi connectivity index (χ2n) is 2.88. The fraction of sp³-hybridized carbons (Fsp3) is 0.182. The second kappa shape index (κ2) is 6.09. The van der Waals surface area contributed by atoms with Crippen molar-refractivity contribution in [3.05, 3.63) is 41.4 Å². The Kier molecular flexibility index (Phi) is 4.71. The summed E-state index contributed by atoms with van der Waals surface area (Å²) >= 11 is 5.35. The molecule has 4 heteroatoms. The first-order chi connectivity index (χ1) is 7.27. The average Bonchev–Trinajstić information content (AvgIpc) is 2.29. The number of benzene rings is 1. The predicted octanol–water partition coefficient (Wildman–Crippen LogP) is 3.02. The van der Waals surface area contributed by atoms with Crippen LogP contribution in [0.1, 0.15) is 12.5 Å². The SMILES string of the molecule is C/C(=N\O)c1ccc(OC/C=C/Cl)cc1. The first kappa shape index (κ1) is 11.6. The van der Waals surface area contributed by atoms with Crippen LogP contribution in [0.3, 0.4) is 0 Å². The molecular formula is C11H12ClNO2. The normalized spacial score (nSPS) is 12.0. The molecule has 1 aromatic carbocycles. The molecule has 0 aromatic heterocycles. The molecule has 0 aliphatic carbocycles. The third kappa shape index (κ3) is 3.64. The summed E-state index contributed by atoms with van der Waals surface area (Å²) in [5, 5.41) is 11.7. The van der Waals surface area contributed by atoms with Gasteiger partial charge in [0.2, 0.25) is 0 Å². The molecule has 0 amide bonds. The zero-order chi connectivity index (χ0) is 11.1. The molecule has 15 heavy (non-hydrogen) atoms. The van der Waals surface area contributed by atoms with Crippen LogP contribution in [-0.4, -0.2) is 17.5 Å². The van der Waals surface area contributed by atoms with Crippen molar-refractivity contribution in [3.63, 3.8) is 0 Å². The summed E-state index contributed by atoms with van der Waals surface area (Å²) in [5.41, 5.74) is 2.84. The number of rotatable bonds is 4. The van der Waals surface area contributed by atoms with Crippen LogP contribution in [0.4, 0.5) is 0 Å². The van der Waals surface area contributed by atoms with E-state index in [0.29, 0.717) is 12.3 Å². The fourth-order valence-corrected chi connectivity index (χ4v) is 1.10. The maximum Gasteiger partial charge on any atom is 0.119 e. The van der Waals surface area contributed by atoms with Gasteiger partial charge in [-0.05, 0) is 42.8 Å². The molecule has 0 aliphatic heterocycles. The van der Waals surface area contributed by atoms with Crippen molar-refractivity contribution in [3.8, 4) is 5.75 Å². The molecule has 0 saturated carbocycles. The van der Waals surface area contributed by atoms with E-state index in [-0.39, 0.29) is 0 Å². The van der Waals surface area contributed by atoms with Crippen molar-refractivity contribution >= 4 is 17.3 Å². The maximum atomic E-state index is 8.56. The van der Waals surface area contributed by atoms with Gasteiger partial charge in [-0.1, -0.05) is 16.8 Å². The molecule has 80 valence electrons. The van der Waals surface area contributed by atoms with Gasteiger partial charge in [0, 0.05) is 5.54 Å². The summed E-state index contributed by atoms with van der Waals surface area (Å²) in [5.74, 6) is 0.749. The minimum Gasteiger partial charge on any atom is -0.490 e. The highest BCUT2D eigenvalue weighted by atomic mass is 35.5. The van der Waals surface area contributed by atoms with Gasteiger partial charge in [0.05, 0.1) is 5.71 Å². The van der Waals surface area contributed by atoms with E-state index in [1.807, 2.05) is 24.3 Å². The van der Waals surface area contributed by atoms with Gasteiger partial charge in [-0.25, -0.2) is 0 Å². The highest BCUT2D eigenvalue weighted by Crippen LogP contribution is 2.12. The van der Waals surface area contributed by atoms with E-state index < -0.39 is 0 Å². The smallest absolute Gasteiger partial charge is 0.119 e. The van der Waals surface area contributed by atoms with Crippen molar-refractivity contribution in [2.24, 2.45) is 5.16 Å². The molecule has 0 unspecified atom stereocenters. The Morgan fingerprint density at radius 3 is 2.67 bits per heavy atom. The molecule has 0 spiro atoms. The molecule has 1 aromatic rings. The van der Waals surface area contributed by atoms with E-state index in [1.54, 1.807) is 13.0 Å². The van der Waals surface area contributed by atoms with Crippen LogP contribution in [0.15, 0.2) is 41.0 Å². The van der Waals surface area contributed by atoms with Crippen molar-refractivity contribution in [1.29, 1.82) is 0 Å². The summed E-state index contributed by atoms with van der Waals surface area (Å²) in [7, 11) is 0. The van der Waals surface area contributed by atoms with Gasteiger partial charge in [-0.2, -0.15) is 0 Å². The molecule has 0 atom stereocenters. The van der Waals surface area contributed by atoms with Crippen LogP contribution in [0.5, 0.6) is 5.75 Å². The molecule has 1 N–H and O–H groups in total. The lowest BCUT2D eigenvalue weighted by Gasteiger charge is -2.03. The van der Waals surface area contributed by atoms with Crippen molar-refractivity contribution in [1.82, 2.24) is 0 Å². The van der Waals surface area contributed by atoms with Crippen molar-refractivity contribution in [2.45, 2.75) is 6.92 Å². The van der Waals surface area contributed by atoms with Gasteiger partial charge < -0.3 is 9.94 Å². The topological polar surface area (TPSA) is 41.8 Å². The number of hydrogen-bond donors (Lipinski definition) is 1. The molecule has 0 heterocycles. The van der Waals surface area contributed by atoms with Crippen molar-refractivity contribution in [2.75, 3.05) is 6.61 Å². The monoisotopic (exact) mass is 225 g/mol. The average molecular weight is 226 g/mol. The highest BCUT2D eigenvalue weighted by molar-refractivity contribution is 6.25. The first-order valence-corrected chi connectivity index (χ1v) is 4.88. The Balaban J connectivity index is 2.64. The van der Waals surface area contributed by atoms with E-state index in [0.717, 1.165) is 11.3 Å². The van der Waals surface area contributed by atoms with Gasteiger partial charge in [0.1, 0.15) is 12.4 Å². The molecule has 0 bridgehead atoms. The van der Waals surface area contributed by atoms with Crippen LogP contribution in [0.2, 0.25) is 0 Å². The Morgan fingerprint density at radius 1 is 1.47 bits per heavy atom. The largest absolute Gasteiger partial charge is 0.490 e. The Hall–Kier alpha value is -1.48. The number of oxime groups is 1. The summed E-state index contributed by atoms with van der Waals surface area (Å²) in [6.45, 7) is 2.17. The van der Waals surface area contributed by atoms with Crippen LogP contribution in [0, 0.1) is 0 Å². The van der Waals surface area contributed by atoms with Gasteiger partial charge in [-0.15, -0.1) is 0 Å². The lowest BCUT2D eigenvalue weighted by molar-refractivity contribution is 0.319. The summed E-state index contributed by atoms with van der Waals surface area (Å²) < 4.78 is 5.34. The van der Waals surface area contributed by atoms with Crippen molar-refractivity contribution < 1.29 is 9.94 Å². The summed E-state index contributed by atoms with van der Waals surface area (Å²) in [6, 6.07) is 7.28. The molecule has 0 radical (unpaired) electrons. The number of hydrogen-bond acceptors (Lipinski definition) is 3. The lowest BCUT2D eigenvalue weighted by Crippen LogP contribution is -1.96. The predicted molar refractivity (Wildman–Crippen MR) is 60.9 cm³/mol. The number of ether oxygens (including phenoxy) is 1.